The second kappa shape index (κ2) is 5.16. The molecule has 1 saturated heterocycles. The molecule has 0 aromatic heterocycles. The van der Waals surface area contributed by atoms with E-state index in [9.17, 15) is 0 Å². The Hall–Kier alpha value is -1.30. The van der Waals surface area contributed by atoms with E-state index in [0.717, 1.165) is 38.3 Å². The highest BCUT2D eigenvalue weighted by Crippen LogP contribution is 2.09. The molecule has 16 heavy (non-hydrogen) atoms. The van der Waals surface area contributed by atoms with Crippen LogP contribution in [0.4, 0.5) is 0 Å². The summed E-state index contributed by atoms with van der Waals surface area (Å²) < 4.78 is 0. The van der Waals surface area contributed by atoms with Crippen molar-refractivity contribution in [3.63, 3.8) is 0 Å². The van der Waals surface area contributed by atoms with Crippen LogP contribution in [0, 0.1) is 12.3 Å². The maximum atomic E-state index is 7.02. The molecule has 0 bridgehead atoms. The van der Waals surface area contributed by atoms with Gasteiger partial charge in [0.2, 0.25) is 0 Å². The van der Waals surface area contributed by atoms with Crippen LogP contribution in [0.1, 0.15) is 11.1 Å². The molecule has 1 fully saturated rings. The van der Waals surface area contributed by atoms with E-state index in [1.807, 2.05) is 12.1 Å². The van der Waals surface area contributed by atoms with Gasteiger partial charge in [0.1, 0.15) is 0 Å². The standard InChI is InChI=1S/C14H17N2/c1-3-13-4-6-14(7-5-13)12-16-10-8-15(2)9-11-16/h4-7H,8-12H2,2H3. The summed E-state index contributed by atoms with van der Waals surface area (Å²) in [7, 11) is 2.17. The lowest BCUT2D eigenvalue weighted by Gasteiger charge is -2.32. The van der Waals surface area contributed by atoms with Crippen LogP contribution in [0.2, 0.25) is 0 Å². The number of hydrogen-bond donors (Lipinski definition) is 0. The Morgan fingerprint density at radius 1 is 1.12 bits per heavy atom. The van der Waals surface area contributed by atoms with E-state index in [0.29, 0.717) is 0 Å². The van der Waals surface area contributed by atoms with Gasteiger partial charge in [0.15, 0.2) is 0 Å². The van der Waals surface area contributed by atoms with Crippen molar-refractivity contribution in [3.8, 4) is 5.92 Å². The van der Waals surface area contributed by atoms with Crippen molar-refractivity contribution in [2.75, 3.05) is 33.2 Å². The molecule has 0 unspecified atom stereocenters. The number of nitrogens with zero attached hydrogens (tertiary/aromatic N) is 2. The van der Waals surface area contributed by atoms with E-state index in [2.05, 4.69) is 34.9 Å². The fourth-order valence-electron chi connectivity index (χ4n) is 1.96. The molecule has 0 aliphatic carbocycles. The molecule has 0 atom stereocenters. The zero-order chi connectivity index (χ0) is 11.4. The maximum absolute atomic E-state index is 7.02. The number of benzene rings is 1. The lowest BCUT2D eigenvalue weighted by molar-refractivity contribution is 0.148. The molecule has 0 spiro atoms. The molecule has 1 aliphatic rings. The van der Waals surface area contributed by atoms with Gasteiger partial charge >= 0.3 is 0 Å². The van der Waals surface area contributed by atoms with Gasteiger partial charge in [0.25, 0.3) is 0 Å². The maximum Gasteiger partial charge on any atom is 0.0255 e. The fraction of sp³-hybridized carbons (Fsp3) is 0.429. The minimum Gasteiger partial charge on any atom is -0.304 e. The zero-order valence-corrected chi connectivity index (χ0v) is 9.74. The second-order valence-electron chi connectivity index (χ2n) is 4.40. The molecule has 83 valence electrons. The third-order valence-corrected chi connectivity index (χ3v) is 3.10. The van der Waals surface area contributed by atoms with E-state index >= 15 is 0 Å². The molecule has 2 nitrogen and oxygen atoms in total. The average molecular weight is 213 g/mol. The summed E-state index contributed by atoms with van der Waals surface area (Å²) in [5.41, 5.74) is 2.17. The number of likely N-dealkylation sites (N-methyl/N-ethyl adjacent to an activating group) is 1. The monoisotopic (exact) mass is 213 g/mol. The van der Waals surface area contributed by atoms with Crippen molar-refractivity contribution in [3.05, 3.63) is 41.8 Å². The Morgan fingerprint density at radius 2 is 1.75 bits per heavy atom. The molecule has 1 aliphatic heterocycles. The van der Waals surface area contributed by atoms with E-state index < -0.39 is 0 Å². The first kappa shape index (κ1) is 11.2. The van der Waals surface area contributed by atoms with Gasteiger partial charge in [-0.3, -0.25) is 4.90 Å². The normalized spacial score (nSPS) is 18.2. The van der Waals surface area contributed by atoms with Crippen LogP contribution >= 0.6 is 0 Å². The van der Waals surface area contributed by atoms with Crippen LogP contribution in [-0.2, 0) is 6.54 Å². The van der Waals surface area contributed by atoms with Crippen LogP contribution in [0.5, 0.6) is 0 Å². The van der Waals surface area contributed by atoms with Gasteiger partial charge in [-0.2, -0.15) is 0 Å². The Labute approximate surface area is 97.9 Å². The number of hydrogen-bond acceptors (Lipinski definition) is 2. The Morgan fingerprint density at radius 3 is 2.31 bits per heavy atom. The van der Waals surface area contributed by atoms with Gasteiger partial charge in [-0.05, 0) is 31.2 Å². The first-order valence-corrected chi connectivity index (χ1v) is 5.70. The van der Waals surface area contributed by atoms with Crippen molar-refractivity contribution in [1.82, 2.24) is 9.80 Å². The molecule has 2 rings (SSSR count). The lowest BCUT2D eigenvalue weighted by atomic mass is 10.1. The topological polar surface area (TPSA) is 6.48 Å². The molecule has 1 aromatic rings. The van der Waals surface area contributed by atoms with Crippen LogP contribution < -0.4 is 0 Å². The zero-order valence-electron chi connectivity index (χ0n) is 9.74. The lowest BCUT2D eigenvalue weighted by Crippen LogP contribution is -2.43. The second-order valence-corrected chi connectivity index (χ2v) is 4.40. The SMILES string of the molecule is [C]#Cc1ccc(CN2CCN(C)CC2)cc1. The summed E-state index contributed by atoms with van der Waals surface area (Å²) >= 11 is 0. The van der Waals surface area contributed by atoms with Crippen molar-refractivity contribution in [1.29, 1.82) is 0 Å². The molecule has 0 saturated carbocycles. The highest BCUT2D eigenvalue weighted by molar-refractivity contribution is 5.32. The number of rotatable bonds is 2. The van der Waals surface area contributed by atoms with E-state index in [4.69, 9.17) is 6.42 Å². The van der Waals surface area contributed by atoms with Gasteiger partial charge < -0.3 is 4.90 Å². The number of piperazine rings is 1. The molecule has 2 heteroatoms. The van der Waals surface area contributed by atoms with Crippen LogP contribution in [0.15, 0.2) is 24.3 Å². The predicted molar refractivity (Wildman–Crippen MR) is 65.4 cm³/mol. The molecule has 1 radical (unpaired) electrons. The van der Waals surface area contributed by atoms with Gasteiger partial charge in [-0.25, -0.2) is 0 Å². The minimum absolute atomic E-state index is 0.849. The highest BCUT2D eigenvalue weighted by atomic mass is 15.2. The van der Waals surface area contributed by atoms with Gasteiger partial charge in [-0.15, -0.1) is 0 Å². The third kappa shape index (κ3) is 2.85. The first-order chi connectivity index (χ1) is 7.78. The van der Waals surface area contributed by atoms with Crippen molar-refractivity contribution in [2.45, 2.75) is 6.54 Å². The summed E-state index contributed by atoms with van der Waals surface area (Å²) in [5, 5.41) is 0. The van der Waals surface area contributed by atoms with Gasteiger partial charge in [-0.1, -0.05) is 18.1 Å². The van der Waals surface area contributed by atoms with Gasteiger partial charge in [0, 0.05) is 38.3 Å². The van der Waals surface area contributed by atoms with Crippen LogP contribution in [0.25, 0.3) is 0 Å². The van der Waals surface area contributed by atoms with Crippen molar-refractivity contribution < 1.29 is 0 Å². The third-order valence-electron chi connectivity index (χ3n) is 3.10. The predicted octanol–water partition coefficient (Wildman–Crippen LogP) is 1.37. The quantitative estimate of drug-likeness (QED) is 0.685. The summed E-state index contributed by atoms with van der Waals surface area (Å²) in [4.78, 5) is 4.84. The summed E-state index contributed by atoms with van der Waals surface area (Å²) in [6.07, 6.45) is 7.02. The summed E-state index contributed by atoms with van der Waals surface area (Å²) in [6, 6.07) is 8.10. The van der Waals surface area contributed by atoms with E-state index in [1.54, 1.807) is 0 Å². The minimum atomic E-state index is 0.849. The average Bonchev–Trinajstić information content (AvgIpc) is 2.33. The van der Waals surface area contributed by atoms with Crippen LogP contribution in [-0.4, -0.2) is 43.0 Å². The van der Waals surface area contributed by atoms with Crippen LogP contribution in [0.3, 0.4) is 0 Å². The first-order valence-electron chi connectivity index (χ1n) is 5.70. The largest absolute Gasteiger partial charge is 0.304 e. The van der Waals surface area contributed by atoms with Gasteiger partial charge in [0.05, 0.1) is 0 Å². The Bertz CT molecular complexity index is 367. The molecule has 0 amide bonds. The van der Waals surface area contributed by atoms with Crippen molar-refractivity contribution in [2.24, 2.45) is 0 Å². The Balaban J connectivity index is 1.91. The molecule has 1 aromatic carbocycles. The summed E-state index contributed by atoms with van der Waals surface area (Å²) in [6.45, 7) is 5.63. The van der Waals surface area contributed by atoms with E-state index in [-0.39, 0.29) is 0 Å². The van der Waals surface area contributed by atoms with E-state index in [1.165, 1.54) is 5.56 Å². The molecule has 1 heterocycles. The Kier molecular flexibility index (Phi) is 3.61. The van der Waals surface area contributed by atoms with Crippen molar-refractivity contribution >= 4 is 0 Å². The molecule has 0 N–H and O–H groups in total. The fourth-order valence-corrected chi connectivity index (χ4v) is 1.96. The molecular weight excluding hydrogens is 196 g/mol. The highest BCUT2D eigenvalue weighted by Gasteiger charge is 2.13. The summed E-state index contributed by atoms with van der Waals surface area (Å²) in [5.74, 6) is 2.39. The smallest absolute Gasteiger partial charge is 0.0255 e. The molecular formula is C14H17N2.